The van der Waals surface area contributed by atoms with E-state index in [1.54, 1.807) is 29.2 Å². The third-order valence-electron chi connectivity index (χ3n) is 4.67. The molecular formula is C20H29N3O3. The molecule has 1 aromatic rings. The first kappa shape index (κ1) is 19.9. The molecule has 26 heavy (non-hydrogen) atoms. The number of likely N-dealkylation sites (tertiary alicyclic amines) is 1. The summed E-state index contributed by atoms with van der Waals surface area (Å²) in [5.41, 5.74) is 1.19. The number of amides is 3. The summed E-state index contributed by atoms with van der Waals surface area (Å²) in [7, 11) is 0. The Morgan fingerprint density at radius 1 is 1.19 bits per heavy atom. The molecule has 2 rings (SSSR count). The van der Waals surface area contributed by atoms with E-state index in [-0.39, 0.29) is 42.1 Å². The van der Waals surface area contributed by atoms with Crippen LogP contribution >= 0.6 is 0 Å². The zero-order valence-corrected chi connectivity index (χ0v) is 16.0. The molecule has 1 saturated heterocycles. The van der Waals surface area contributed by atoms with E-state index in [1.165, 1.54) is 0 Å². The van der Waals surface area contributed by atoms with Crippen molar-refractivity contribution in [2.45, 2.75) is 59.0 Å². The second-order valence-corrected chi connectivity index (χ2v) is 7.27. The summed E-state index contributed by atoms with van der Waals surface area (Å²) in [4.78, 5) is 38.2. The van der Waals surface area contributed by atoms with Crippen LogP contribution < -0.4 is 10.6 Å². The molecule has 2 unspecified atom stereocenters. The highest BCUT2D eigenvalue weighted by Crippen LogP contribution is 2.22. The number of anilines is 1. The van der Waals surface area contributed by atoms with Gasteiger partial charge >= 0.3 is 0 Å². The Morgan fingerprint density at radius 3 is 2.38 bits per heavy atom. The number of benzene rings is 1. The lowest BCUT2D eigenvalue weighted by Crippen LogP contribution is -2.33. The van der Waals surface area contributed by atoms with Gasteiger partial charge in [0, 0.05) is 36.3 Å². The summed E-state index contributed by atoms with van der Waals surface area (Å²) in [5.74, 6) is -0.579. The molecule has 1 aromatic carbocycles. The molecule has 2 atom stereocenters. The highest BCUT2D eigenvalue weighted by molar-refractivity contribution is 5.98. The summed E-state index contributed by atoms with van der Waals surface area (Å²) in [5, 5.41) is 5.79. The van der Waals surface area contributed by atoms with Crippen molar-refractivity contribution in [1.29, 1.82) is 0 Å². The molecule has 0 radical (unpaired) electrons. The molecule has 0 saturated carbocycles. The van der Waals surface area contributed by atoms with Crippen molar-refractivity contribution in [1.82, 2.24) is 10.2 Å². The molecule has 2 N–H and O–H groups in total. The second-order valence-electron chi connectivity index (χ2n) is 7.27. The van der Waals surface area contributed by atoms with Gasteiger partial charge in [-0.1, -0.05) is 13.3 Å². The molecule has 0 aromatic heterocycles. The number of carbonyl (C=O) groups is 3. The van der Waals surface area contributed by atoms with Crippen LogP contribution in [0, 0.1) is 5.92 Å². The molecule has 6 nitrogen and oxygen atoms in total. The van der Waals surface area contributed by atoms with E-state index in [4.69, 9.17) is 0 Å². The van der Waals surface area contributed by atoms with Gasteiger partial charge in [0.25, 0.3) is 5.91 Å². The Bertz CT molecular complexity index is 655. The fourth-order valence-electron chi connectivity index (χ4n) is 3.17. The van der Waals surface area contributed by atoms with Gasteiger partial charge in [0.1, 0.15) is 0 Å². The van der Waals surface area contributed by atoms with Gasteiger partial charge in [0.05, 0.1) is 5.92 Å². The molecule has 6 heteroatoms. The third kappa shape index (κ3) is 5.07. The first-order valence-corrected chi connectivity index (χ1v) is 9.33. The lowest BCUT2D eigenvalue weighted by molar-refractivity contribution is -0.129. The van der Waals surface area contributed by atoms with E-state index < -0.39 is 0 Å². The molecule has 142 valence electrons. The Kier molecular flexibility index (Phi) is 6.77. The summed E-state index contributed by atoms with van der Waals surface area (Å²) >= 11 is 0. The summed E-state index contributed by atoms with van der Waals surface area (Å²) < 4.78 is 0. The van der Waals surface area contributed by atoms with E-state index in [9.17, 15) is 14.4 Å². The lowest BCUT2D eigenvalue weighted by atomic mass is 10.1. The van der Waals surface area contributed by atoms with Crippen LogP contribution in [0.4, 0.5) is 5.69 Å². The van der Waals surface area contributed by atoms with Crippen LogP contribution in [0.15, 0.2) is 24.3 Å². The Balaban J connectivity index is 1.92. The summed E-state index contributed by atoms with van der Waals surface area (Å²) in [6.07, 6.45) is 2.21. The highest BCUT2D eigenvalue weighted by atomic mass is 16.2. The predicted octanol–water partition coefficient (Wildman–Crippen LogP) is 2.80. The van der Waals surface area contributed by atoms with Crippen molar-refractivity contribution in [2.75, 3.05) is 11.9 Å². The predicted molar refractivity (Wildman–Crippen MR) is 102 cm³/mol. The molecule has 1 fully saturated rings. The van der Waals surface area contributed by atoms with Crippen molar-refractivity contribution in [2.24, 2.45) is 5.92 Å². The van der Waals surface area contributed by atoms with Crippen molar-refractivity contribution in [3.05, 3.63) is 29.8 Å². The quantitative estimate of drug-likeness (QED) is 0.786. The van der Waals surface area contributed by atoms with Crippen molar-refractivity contribution in [3.63, 3.8) is 0 Å². The summed E-state index contributed by atoms with van der Waals surface area (Å²) in [6, 6.07) is 7.07. The van der Waals surface area contributed by atoms with E-state index in [2.05, 4.69) is 17.6 Å². The molecule has 0 aliphatic carbocycles. The maximum atomic E-state index is 12.4. The number of rotatable bonds is 7. The van der Waals surface area contributed by atoms with Gasteiger partial charge in [-0.15, -0.1) is 0 Å². The van der Waals surface area contributed by atoms with Crippen LogP contribution in [-0.4, -0.2) is 41.2 Å². The first-order valence-electron chi connectivity index (χ1n) is 9.33. The molecule has 0 spiro atoms. The molecule has 1 heterocycles. The van der Waals surface area contributed by atoms with Crippen LogP contribution in [0.5, 0.6) is 0 Å². The largest absolute Gasteiger partial charge is 0.350 e. The number of carbonyl (C=O) groups excluding carboxylic acids is 3. The van der Waals surface area contributed by atoms with Gasteiger partial charge in [-0.3, -0.25) is 14.4 Å². The highest BCUT2D eigenvalue weighted by Gasteiger charge is 2.35. The van der Waals surface area contributed by atoms with E-state index in [1.807, 2.05) is 20.8 Å². The number of hydrogen-bond acceptors (Lipinski definition) is 3. The summed E-state index contributed by atoms with van der Waals surface area (Å²) in [6.45, 7) is 8.42. The van der Waals surface area contributed by atoms with Crippen LogP contribution in [0.25, 0.3) is 0 Å². The topological polar surface area (TPSA) is 78.5 Å². The fraction of sp³-hybridized carbons (Fsp3) is 0.550. The van der Waals surface area contributed by atoms with E-state index in [0.29, 0.717) is 17.8 Å². The maximum absolute atomic E-state index is 12.4. The Morgan fingerprint density at radius 2 is 1.85 bits per heavy atom. The van der Waals surface area contributed by atoms with Gasteiger partial charge in [-0.05, 0) is 51.5 Å². The lowest BCUT2D eigenvalue weighted by Gasteiger charge is -2.20. The van der Waals surface area contributed by atoms with Gasteiger partial charge in [0.15, 0.2) is 0 Å². The smallest absolute Gasteiger partial charge is 0.251 e. The molecule has 1 aliphatic heterocycles. The second kappa shape index (κ2) is 8.83. The molecular weight excluding hydrogens is 330 g/mol. The van der Waals surface area contributed by atoms with Crippen molar-refractivity contribution < 1.29 is 14.4 Å². The average Bonchev–Trinajstić information content (AvgIpc) is 2.98. The number of nitrogens with one attached hydrogen (secondary N) is 2. The van der Waals surface area contributed by atoms with Crippen LogP contribution in [0.3, 0.4) is 0 Å². The van der Waals surface area contributed by atoms with Gasteiger partial charge in [0.2, 0.25) is 11.8 Å². The van der Waals surface area contributed by atoms with Crippen molar-refractivity contribution >= 4 is 23.4 Å². The van der Waals surface area contributed by atoms with Gasteiger partial charge in [-0.25, -0.2) is 0 Å². The Hall–Kier alpha value is -2.37. The minimum Gasteiger partial charge on any atom is -0.350 e. The SMILES string of the molecule is CCCC(C)NC(=O)c1ccc(NC(=O)C2CC(=O)N(C(C)C)C2)cc1. The van der Waals surface area contributed by atoms with Crippen LogP contribution in [-0.2, 0) is 9.59 Å². The minimum absolute atomic E-state index is 0.0216. The first-order chi connectivity index (χ1) is 12.3. The van der Waals surface area contributed by atoms with Crippen molar-refractivity contribution in [3.8, 4) is 0 Å². The Labute approximate surface area is 155 Å². The third-order valence-corrected chi connectivity index (χ3v) is 4.67. The van der Waals surface area contributed by atoms with Crippen LogP contribution in [0.1, 0.15) is 57.3 Å². The standard InChI is InChI=1S/C20H29N3O3/c1-5-6-14(4)21-19(25)15-7-9-17(10-8-15)22-20(26)16-11-18(24)23(12-16)13(2)3/h7-10,13-14,16H,5-6,11-12H2,1-4H3,(H,21,25)(H,22,26). The fourth-order valence-corrected chi connectivity index (χ4v) is 3.17. The number of hydrogen-bond donors (Lipinski definition) is 2. The van der Waals surface area contributed by atoms with Crippen LogP contribution in [0.2, 0.25) is 0 Å². The normalized spacial score (nSPS) is 18.1. The molecule has 3 amide bonds. The van der Waals surface area contributed by atoms with Gasteiger partial charge < -0.3 is 15.5 Å². The molecule has 1 aliphatic rings. The van der Waals surface area contributed by atoms with Gasteiger partial charge in [-0.2, -0.15) is 0 Å². The van der Waals surface area contributed by atoms with E-state index in [0.717, 1.165) is 12.8 Å². The zero-order valence-electron chi connectivity index (χ0n) is 16.0. The number of nitrogens with zero attached hydrogens (tertiary/aromatic N) is 1. The molecule has 0 bridgehead atoms. The average molecular weight is 359 g/mol. The zero-order chi connectivity index (χ0) is 19.3. The maximum Gasteiger partial charge on any atom is 0.251 e. The minimum atomic E-state index is -0.331. The monoisotopic (exact) mass is 359 g/mol. The van der Waals surface area contributed by atoms with E-state index >= 15 is 0 Å².